The molecular formula is C30H27N7O. The number of aromatic nitrogens is 6. The molecule has 6 aromatic rings. The Morgan fingerprint density at radius 1 is 0.816 bits per heavy atom. The maximum atomic E-state index is 5.99. The summed E-state index contributed by atoms with van der Waals surface area (Å²) >= 11 is 0. The van der Waals surface area contributed by atoms with Crippen LogP contribution in [0.5, 0.6) is 5.75 Å². The van der Waals surface area contributed by atoms with Crippen molar-refractivity contribution < 1.29 is 4.74 Å². The average molecular weight is 502 g/mol. The van der Waals surface area contributed by atoms with Crippen LogP contribution >= 0.6 is 0 Å². The standard InChI is InChI=1S/C30H27N7O/c1-3-8-20(9-4-1)19-38-22-16-21(17-31-18-22)23-12-13-25-28(32-23)29(36-35-25)30-33-24-10-7-11-26(27(24)34-30)37-14-5-2-6-15-37/h1,3-4,7-13,16-18H,2,5-6,14-15,19H2,(H,33,34)(H,35,36). The summed E-state index contributed by atoms with van der Waals surface area (Å²) in [6.07, 6.45) is 7.26. The number of imidazole rings is 1. The van der Waals surface area contributed by atoms with Crippen molar-refractivity contribution >= 4 is 27.8 Å². The molecule has 0 saturated carbocycles. The minimum Gasteiger partial charge on any atom is -0.487 e. The number of para-hydroxylation sites is 1. The summed E-state index contributed by atoms with van der Waals surface area (Å²) in [4.78, 5) is 20.3. The molecule has 0 unspecified atom stereocenters. The number of piperidine rings is 1. The summed E-state index contributed by atoms with van der Waals surface area (Å²) in [5, 5.41) is 7.70. The summed E-state index contributed by atoms with van der Waals surface area (Å²) in [5.74, 6) is 1.40. The SMILES string of the molecule is c1ccc(COc2cncc(-c3ccc4[nH]nc(-c5nc6c(N7CCCCC7)cccc6[nH]5)c4n3)c2)cc1. The molecule has 0 spiro atoms. The third kappa shape index (κ3) is 4.24. The Kier molecular flexibility index (Phi) is 5.69. The molecule has 8 nitrogen and oxygen atoms in total. The van der Waals surface area contributed by atoms with Crippen molar-refractivity contribution in [2.75, 3.05) is 18.0 Å². The van der Waals surface area contributed by atoms with E-state index in [1.165, 1.54) is 24.9 Å². The molecule has 2 aromatic carbocycles. The van der Waals surface area contributed by atoms with Gasteiger partial charge in [0, 0.05) is 24.8 Å². The lowest BCUT2D eigenvalue weighted by molar-refractivity contribution is 0.305. The van der Waals surface area contributed by atoms with Gasteiger partial charge in [-0.15, -0.1) is 0 Å². The topological polar surface area (TPSA) is 95.6 Å². The van der Waals surface area contributed by atoms with Crippen LogP contribution in [0, 0.1) is 0 Å². The highest BCUT2D eigenvalue weighted by atomic mass is 16.5. The van der Waals surface area contributed by atoms with Gasteiger partial charge >= 0.3 is 0 Å². The maximum Gasteiger partial charge on any atom is 0.161 e. The molecule has 1 aliphatic rings. The van der Waals surface area contributed by atoms with Crippen molar-refractivity contribution in [1.82, 2.24) is 30.1 Å². The van der Waals surface area contributed by atoms with Crippen molar-refractivity contribution in [2.24, 2.45) is 0 Å². The van der Waals surface area contributed by atoms with Gasteiger partial charge in [0.2, 0.25) is 0 Å². The monoisotopic (exact) mass is 501 g/mol. The number of nitrogens with one attached hydrogen (secondary N) is 2. The number of benzene rings is 2. The first-order valence-corrected chi connectivity index (χ1v) is 13.0. The Morgan fingerprint density at radius 2 is 1.71 bits per heavy atom. The molecule has 188 valence electrons. The summed E-state index contributed by atoms with van der Waals surface area (Å²) in [6, 6.07) is 22.3. The second-order valence-electron chi connectivity index (χ2n) is 9.65. The average Bonchev–Trinajstić information content (AvgIpc) is 3.61. The van der Waals surface area contributed by atoms with E-state index in [1.54, 1.807) is 12.4 Å². The molecule has 0 atom stereocenters. The number of fused-ring (bicyclic) bond motifs is 2. The first-order valence-electron chi connectivity index (χ1n) is 13.0. The number of hydrogen-bond donors (Lipinski definition) is 2. The van der Waals surface area contributed by atoms with Gasteiger partial charge in [0.15, 0.2) is 11.5 Å². The van der Waals surface area contributed by atoms with Crippen LogP contribution in [0.2, 0.25) is 0 Å². The Bertz CT molecular complexity index is 1720. The molecule has 5 heterocycles. The molecule has 0 amide bonds. The number of rotatable bonds is 6. The van der Waals surface area contributed by atoms with Gasteiger partial charge in [0.1, 0.15) is 23.4 Å². The number of pyridine rings is 2. The Morgan fingerprint density at radius 3 is 2.61 bits per heavy atom. The minimum absolute atomic E-state index is 0.482. The van der Waals surface area contributed by atoms with E-state index in [4.69, 9.17) is 14.7 Å². The number of aromatic amines is 2. The summed E-state index contributed by atoms with van der Waals surface area (Å²) < 4.78 is 5.99. The van der Waals surface area contributed by atoms with Gasteiger partial charge < -0.3 is 14.6 Å². The summed E-state index contributed by atoms with van der Waals surface area (Å²) in [6.45, 7) is 2.62. The van der Waals surface area contributed by atoms with Crippen LogP contribution in [0.4, 0.5) is 5.69 Å². The van der Waals surface area contributed by atoms with E-state index in [9.17, 15) is 0 Å². The van der Waals surface area contributed by atoms with E-state index in [0.717, 1.165) is 52.0 Å². The van der Waals surface area contributed by atoms with E-state index < -0.39 is 0 Å². The quantitative estimate of drug-likeness (QED) is 0.285. The molecule has 1 saturated heterocycles. The van der Waals surface area contributed by atoms with E-state index in [0.29, 0.717) is 23.9 Å². The molecule has 1 aliphatic heterocycles. The Balaban J connectivity index is 1.22. The molecular weight excluding hydrogens is 474 g/mol. The van der Waals surface area contributed by atoms with E-state index in [-0.39, 0.29) is 0 Å². The normalized spacial score (nSPS) is 13.8. The van der Waals surface area contributed by atoms with Crippen LogP contribution in [-0.2, 0) is 6.61 Å². The minimum atomic E-state index is 0.482. The second-order valence-corrected chi connectivity index (χ2v) is 9.65. The number of anilines is 1. The lowest BCUT2D eigenvalue weighted by Crippen LogP contribution is -2.29. The lowest BCUT2D eigenvalue weighted by atomic mass is 10.1. The van der Waals surface area contributed by atoms with Crippen molar-refractivity contribution in [3.8, 4) is 28.5 Å². The molecule has 2 N–H and O–H groups in total. The largest absolute Gasteiger partial charge is 0.487 e. The molecule has 8 heteroatoms. The van der Waals surface area contributed by atoms with Gasteiger partial charge in [0.25, 0.3) is 0 Å². The third-order valence-corrected chi connectivity index (χ3v) is 7.08. The molecule has 38 heavy (non-hydrogen) atoms. The van der Waals surface area contributed by atoms with E-state index in [2.05, 4.69) is 43.3 Å². The molecule has 0 bridgehead atoms. The zero-order valence-electron chi connectivity index (χ0n) is 20.9. The maximum absolute atomic E-state index is 5.99. The fourth-order valence-electron chi connectivity index (χ4n) is 5.12. The molecule has 7 rings (SSSR count). The number of ether oxygens (including phenoxy) is 1. The fraction of sp³-hybridized carbons (Fsp3) is 0.200. The Labute approximate surface area is 219 Å². The second kappa shape index (κ2) is 9.63. The predicted molar refractivity (Wildman–Crippen MR) is 149 cm³/mol. The van der Waals surface area contributed by atoms with Crippen LogP contribution in [0.1, 0.15) is 24.8 Å². The smallest absolute Gasteiger partial charge is 0.161 e. The van der Waals surface area contributed by atoms with Crippen molar-refractivity contribution in [1.29, 1.82) is 0 Å². The molecule has 0 radical (unpaired) electrons. The first kappa shape index (κ1) is 22.5. The van der Waals surface area contributed by atoms with E-state index >= 15 is 0 Å². The van der Waals surface area contributed by atoms with Crippen molar-refractivity contribution in [3.63, 3.8) is 0 Å². The van der Waals surface area contributed by atoms with Gasteiger partial charge in [0.05, 0.1) is 28.6 Å². The van der Waals surface area contributed by atoms with Crippen molar-refractivity contribution in [2.45, 2.75) is 25.9 Å². The predicted octanol–water partition coefficient (Wildman–Crippen LogP) is 6.13. The first-order chi connectivity index (χ1) is 18.8. The zero-order chi connectivity index (χ0) is 25.3. The van der Waals surface area contributed by atoms with Crippen LogP contribution < -0.4 is 9.64 Å². The van der Waals surface area contributed by atoms with Crippen LogP contribution in [0.15, 0.2) is 79.1 Å². The number of nitrogens with zero attached hydrogens (tertiary/aromatic N) is 5. The van der Waals surface area contributed by atoms with Crippen LogP contribution in [0.25, 0.3) is 44.8 Å². The lowest BCUT2D eigenvalue weighted by Gasteiger charge is -2.28. The van der Waals surface area contributed by atoms with Gasteiger partial charge in [-0.3, -0.25) is 10.1 Å². The van der Waals surface area contributed by atoms with Gasteiger partial charge in [-0.05, 0) is 55.2 Å². The number of hydrogen-bond acceptors (Lipinski definition) is 6. The summed E-state index contributed by atoms with van der Waals surface area (Å²) in [7, 11) is 0. The van der Waals surface area contributed by atoms with E-state index in [1.807, 2.05) is 48.5 Å². The van der Waals surface area contributed by atoms with Crippen LogP contribution in [-0.4, -0.2) is 43.2 Å². The fourth-order valence-corrected chi connectivity index (χ4v) is 5.12. The van der Waals surface area contributed by atoms with Crippen molar-refractivity contribution in [3.05, 3.63) is 84.7 Å². The number of H-pyrrole nitrogens is 2. The highest BCUT2D eigenvalue weighted by Crippen LogP contribution is 2.32. The zero-order valence-corrected chi connectivity index (χ0v) is 20.9. The Hall–Kier alpha value is -4.72. The van der Waals surface area contributed by atoms with Gasteiger partial charge in [-0.1, -0.05) is 36.4 Å². The van der Waals surface area contributed by atoms with Gasteiger partial charge in [-0.25, -0.2) is 9.97 Å². The summed E-state index contributed by atoms with van der Waals surface area (Å²) in [5.41, 5.74) is 8.25. The molecule has 1 fully saturated rings. The van der Waals surface area contributed by atoms with Gasteiger partial charge in [-0.2, -0.15) is 5.10 Å². The molecule has 0 aliphatic carbocycles. The van der Waals surface area contributed by atoms with Crippen LogP contribution in [0.3, 0.4) is 0 Å². The molecule has 4 aromatic heterocycles. The highest BCUT2D eigenvalue weighted by molar-refractivity contribution is 5.95. The third-order valence-electron chi connectivity index (χ3n) is 7.08. The highest BCUT2D eigenvalue weighted by Gasteiger charge is 2.19.